The zero-order valence-electron chi connectivity index (χ0n) is 14.2. The Balaban J connectivity index is 1.67. The molecule has 1 aromatic heterocycles. The van der Waals surface area contributed by atoms with Crippen LogP contribution in [0, 0.1) is 12.7 Å². The minimum atomic E-state index is -0.540. The maximum absolute atomic E-state index is 12.9. The second-order valence-corrected chi connectivity index (χ2v) is 6.20. The summed E-state index contributed by atoms with van der Waals surface area (Å²) in [5.41, 5.74) is 1.96. The molecule has 5 nitrogen and oxygen atoms in total. The second-order valence-electron chi connectivity index (χ2n) is 5.43. The summed E-state index contributed by atoms with van der Waals surface area (Å²) in [6, 6.07) is 14.0. The number of hydrogen-bond donors (Lipinski definition) is 1. The number of carbonyl (C=O) groups excluding carboxylic acids is 1. The first-order valence-corrected chi connectivity index (χ1v) is 9.00. The first-order chi connectivity index (χ1) is 12.5. The van der Waals surface area contributed by atoms with Crippen LogP contribution in [0.4, 0.5) is 15.9 Å². The summed E-state index contributed by atoms with van der Waals surface area (Å²) >= 11 is 1.47. The van der Waals surface area contributed by atoms with Crippen LogP contribution in [-0.4, -0.2) is 22.2 Å². The van der Waals surface area contributed by atoms with Gasteiger partial charge in [-0.3, -0.25) is 0 Å². The lowest BCUT2D eigenvalue weighted by Gasteiger charge is -2.09. The van der Waals surface area contributed by atoms with E-state index in [1.165, 1.54) is 36.0 Å². The Bertz CT molecular complexity index is 915. The molecule has 0 saturated heterocycles. The van der Waals surface area contributed by atoms with Gasteiger partial charge >= 0.3 is 5.97 Å². The van der Waals surface area contributed by atoms with Crippen molar-refractivity contribution in [3.05, 3.63) is 71.7 Å². The van der Waals surface area contributed by atoms with Crippen LogP contribution in [0.25, 0.3) is 0 Å². The van der Waals surface area contributed by atoms with Crippen LogP contribution in [0.2, 0.25) is 0 Å². The molecule has 0 bridgehead atoms. The number of thioether (sulfide) groups is 1. The zero-order valence-corrected chi connectivity index (χ0v) is 15.0. The molecule has 0 saturated carbocycles. The Morgan fingerprint density at radius 1 is 1.08 bits per heavy atom. The maximum Gasteiger partial charge on any atom is 0.343 e. The van der Waals surface area contributed by atoms with Gasteiger partial charge in [0.25, 0.3) is 0 Å². The lowest BCUT2D eigenvalue weighted by Crippen LogP contribution is -2.08. The van der Waals surface area contributed by atoms with Gasteiger partial charge in [-0.2, -0.15) is 0 Å². The summed E-state index contributed by atoms with van der Waals surface area (Å²) in [5, 5.41) is 3.88. The fourth-order valence-corrected chi connectivity index (χ4v) is 2.63. The molecule has 3 rings (SSSR count). The van der Waals surface area contributed by atoms with E-state index in [1.54, 1.807) is 24.3 Å². The number of esters is 1. The SMILES string of the molecule is CSc1nc(C)cc(Nc2ccc(OC(=O)c3ccc(F)cc3)cc2)n1. The first kappa shape index (κ1) is 17.9. The molecule has 26 heavy (non-hydrogen) atoms. The smallest absolute Gasteiger partial charge is 0.343 e. The summed E-state index contributed by atoms with van der Waals surface area (Å²) in [6.45, 7) is 1.91. The number of benzene rings is 2. The van der Waals surface area contributed by atoms with E-state index in [4.69, 9.17) is 4.74 Å². The zero-order chi connectivity index (χ0) is 18.5. The lowest BCUT2D eigenvalue weighted by molar-refractivity contribution is 0.0734. The number of nitrogens with zero attached hydrogens (tertiary/aromatic N) is 2. The van der Waals surface area contributed by atoms with E-state index in [-0.39, 0.29) is 5.56 Å². The molecule has 132 valence electrons. The molecule has 7 heteroatoms. The molecule has 0 radical (unpaired) electrons. The van der Waals surface area contributed by atoms with Crippen LogP contribution < -0.4 is 10.1 Å². The van der Waals surface area contributed by atoms with Crippen molar-refractivity contribution >= 4 is 29.2 Å². The average Bonchev–Trinajstić information content (AvgIpc) is 2.63. The third-order valence-corrected chi connectivity index (χ3v) is 3.98. The van der Waals surface area contributed by atoms with Crippen molar-refractivity contribution in [2.45, 2.75) is 12.1 Å². The van der Waals surface area contributed by atoms with Gasteiger partial charge in [-0.05, 0) is 61.7 Å². The summed E-state index contributed by atoms with van der Waals surface area (Å²) in [5.74, 6) is 0.148. The van der Waals surface area contributed by atoms with Crippen LogP contribution in [0.5, 0.6) is 5.75 Å². The number of carbonyl (C=O) groups is 1. The number of aryl methyl sites for hydroxylation is 1. The molecule has 0 atom stereocenters. The van der Waals surface area contributed by atoms with Crippen molar-refractivity contribution in [3.8, 4) is 5.75 Å². The lowest BCUT2D eigenvalue weighted by atomic mass is 10.2. The monoisotopic (exact) mass is 369 g/mol. The van der Waals surface area contributed by atoms with Gasteiger partial charge in [0, 0.05) is 17.4 Å². The fraction of sp³-hybridized carbons (Fsp3) is 0.105. The highest BCUT2D eigenvalue weighted by molar-refractivity contribution is 7.98. The number of halogens is 1. The Labute approximate surface area is 154 Å². The van der Waals surface area contributed by atoms with Gasteiger partial charge in [0.05, 0.1) is 5.56 Å². The van der Waals surface area contributed by atoms with Crippen LogP contribution >= 0.6 is 11.8 Å². The molecular weight excluding hydrogens is 353 g/mol. The van der Waals surface area contributed by atoms with Crippen molar-refractivity contribution in [2.75, 3.05) is 11.6 Å². The standard InChI is InChI=1S/C19H16FN3O2S/c1-12-11-17(23-19(21-12)26-2)22-15-7-9-16(10-8-15)25-18(24)13-3-5-14(20)6-4-13/h3-11H,1-2H3,(H,21,22,23). The molecule has 0 aliphatic rings. The molecule has 1 heterocycles. The molecule has 0 amide bonds. The highest BCUT2D eigenvalue weighted by Gasteiger charge is 2.09. The number of rotatable bonds is 5. The van der Waals surface area contributed by atoms with E-state index >= 15 is 0 Å². The van der Waals surface area contributed by atoms with Crippen molar-refractivity contribution in [1.29, 1.82) is 0 Å². The van der Waals surface area contributed by atoms with Crippen molar-refractivity contribution in [2.24, 2.45) is 0 Å². The molecule has 2 aromatic carbocycles. The summed E-state index contributed by atoms with van der Waals surface area (Å²) in [6.07, 6.45) is 1.92. The molecular formula is C19H16FN3O2S. The minimum absolute atomic E-state index is 0.287. The van der Waals surface area contributed by atoms with Crippen LogP contribution in [0.3, 0.4) is 0 Å². The average molecular weight is 369 g/mol. The van der Waals surface area contributed by atoms with Crippen LogP contribution in [0.15, 0.2) is 59.8 Å². The van der Waals surface area contributed by atoms with E-state index in [0.717, 1.165) is 11.4 Å². The predicted molar refractivity (Wildman–Crippen MR) is 99.6 cm³/mol. The number of hydrogen-bond acceptors (Lipinski definition) is 6. The predicted octanol–water partition coefficient (Wildman–Crippen LogP) is 4.61. The van der Waals surface area contributed by atoms with E-state index in [0.29, 0.717) is 16.7 Å². The number of anilines is 2. The van der Waals surface area contributed by atoms with Crippen molar-refractivity contribution in [3.63, 3.8) is 0 Å². The normalized spacial score (nSPS) is 10.4. The van der Waals surface area contributed by atoms with Gasteiger partial charge in [-0.25, -0.2) is 19.2 Å². The van der Waals surface area contributed by atoms with Gasteiger partial charge in [0.2, 0.25) is 0 Å². The molecule has 0 spiro atoms. The summed E-state index contributed by atoms with van der Waals surface area (Å²) in [4.78, 5) is 20.7. The maximum atomic E-state index is 12.9. The minimum Gasteiger partial charge on any atom is -0.423 e. The van der Waals surface area contributed by atoms with E-state index in [2.05, 4.69) is 15.3 Å². The largest absolute Gasteiger partial charge is 0.423 e. The number of aromatic nitrogens is 2. The molecule has 0 aliphatic heterocycles. The molecule has 0 aliphatic carbocycles. The topological polar surface area (TPSA) is 64.1 Å². The number of ether oxygens (including phenoxy) is 1. The Morgan fingerprint density at radius 2 is 1.77 bits per heavy atom. The van der Waals surface area contributed by atoms with Crippen molar-refractivity contribution < 1.29 is 13.9 Å². The summed E-state index contributed by atoms with van der Waals surface area (Å²) in [7, 11) is 0. The molecule has 0 fully saturated rings. The Kier molecular flexibility index (Phi) is 5.48. The van der Waals surface area contributed by atoms with E-state index in [1.807, 2.05) is 19.2 Å². The third-order valence-electron chi connectivity index (χ3n) is 3.43. The van der Waals surface area contributed by atoms with Gasteiger partial charge in [-0.1, -0.05) is 11.8 Å². The van der Waals surface area contributed by atoms with Crippen molar-refractivity contribution in [1.82, 2.24) is 9.97 Å². The third kappa shape index (κ3) is 4.58. The molecule has 3 aromatic rings. The summed E-state index contributed by atoms with van der Waals surface area (Å²) < 4.78 is 18.2. The quantitative estimate of drug-likeness (QED) is 0.307. The number of nitrogens with one attached hydrogen (secondary N) is 1. The molecule has 1 N–H and O–H groups in total. The van der Waals surface area contributed by atoms with E-state index < -0.39 is 11.8 Å². The van der Waals surface area contributed by atoms with Crippen LogP contribution in [0.1, 0.15) is 16.1 Å². The Hall–Kier alpha value is -2.93. The van der Waals surface area contributed by atoms with Gasteiger partial charge in [0.1, 0.15) is 17.4 Å². The Morgan fingerprint density at radius 3 is 2.42 bits per heavy atom. The highest BCUT2D eigenvalue weighted by Crippen LogP contribution is 2.21. The van der Waals surface area contributed by atoms with E-state index in [9.17, 15) is 9.18 Å². The second kappa shape index (κ2) is 7.97. The van der Waals surface area contributed by atoms with Gasteiger partial charge in [-0.15, -0.1) is 0 Å². The van der Waals surface area contributed by atoms with Gasteiger partial charge < -0.3 is 10.1 Å². The van der Waals surface area contributed by atoms with Crippen LogP contribution in [-0.2, 0) is 0 Å². The van der Waals surface area contributed by atoms with Gasteiger partial charge in [0.15, 0.2) is 5.16 Å². The highest BCUT2D eigenvalue weighted by atomic mass is 32.2. The first-order valence-electron chi connectivity index (χ1n) is 7.78. The fourth-order valence-electron chi connectivity index (χ4n) is 2.20. The molecule has 0 unspecified atom stereocenters.